The molecule has 146 valence electrons. The van der Waals surface area contributed by atoms with Crippen LogP contribution in [-0.4, -0.2) is 38.8 Å². The summed E-state index contributed by atoms with van der Waals surface area (Å²) in [6.07, 6.45) is 3.44. The van der Waals surface area contributed by atoms with Crippen molar-refractivity contribution in [2.75, 3.05) is 23.3 Å². The highest BCUT2D eigenvalue weighted by atomic mass is 16.1. The molecule has 1 aromatic carbocycles. The number of fused-ring (bicyclic) bond motifs is 1. The van der Waals surface area contributed by atoms with Gasteiger partial charge in [0.15, 0.2) is 5.65 Å². The molecule has 3 heterocycles. The van der Waals surface area contributed by atoms with Crippen LogP contribution in [0, 0.1) is 5.92 Å². The van der Waals surface area contributed by atoms with Gasteiger partial charge in [0.25, 0.3) is 0 Å². The molecule has 1 atom stereocenters. The van der Waals surface area contributed by atoms with E-state index >= 15 is 0 Å². The first-order valence-corrected chi connectivity index (χ1v) is 9.73. The first-order chi connectivity index (χ1) is 13.4. The van der Waals surface area contributed by atoms with Crippen molar-refractivity contribution in [3.63, 3.8) is 0 Å². The molecule has 1 N–H and O–H groups in total. The smallest absolute Gasteiger partial charge is 0.229 e. The average Bonchev–Trinajstić information content (AvgIpc) is 3.15. The quantitative estimate of drug-likeness (QED) is 0.757. The number of hydrogen-bond donors (Lipinski definition) is 1. The van der Waals surface area contributed by atoms with E-state index in [2.05, 4.69) is 58.4 Å². The summed E-state index contributed by atoms with van der Waals surface area (Å²) in [5.41, 5.74) is 2.92. The lowest BCUT2D eigenvalue weighted by molar-refractivity contribution is -0.120. The van der Waals surface area contributed by atoms with Crippen LogP contribution in [0.3, 0.4) is 0 Å². The van der Waals surface area contributed by atoms with Crippen molar-refractivity contribution in [1.82, 2.24) is 19.8 Å². The summed E-state index contributed by atoms with van der Waals surface area (Å²) in [6, 6.07) is 12.0. The Morgan fingerprint density at radius 2 is 1.93 bits per heavy atom. The molecular weight excluding hydrogens is 352 g/mol. The Labute approximate surface area is 164 Å². The van der Waals surface area contributed by atoms with Crippen LogP contribution in [0.5, 0.6) is 0 Å². The molecule has 0 unspecified atom stereocenters. The molecule has 0 radical (unpaired) electrons. The van der Waals surface area contributed by atoms with Gasteiger partial charge in [-0.15, -0.1) is 15.3 Å². The van der Waals surface area contributed by atoms with E-state index in [9.17, 15) is 4.79 Å². The molecule has 1 aliphatic heterocycles. The molecule has 1 saturated heterocycles. The van der Waals surface area contributed by atoms with Gasteiger partial charge in [-0.05, 0) is 48.1 Å². The highest BCUT2D eigenvalue weighted by molar-refractivity contribution is 5.93. The summed E-state index contributed by atoms with van der Waals surface area (Å²) < 4.78 is 1.66. The molecule has 28 heavy (non-hydrogen) atoms. The Morgan fingerprint density at radius 3 is 2.68 bits per heavy atom. The Hall–Kier alpha value is -2.96. The number of benzene rings is 1. The molecule has 7 nitrogen and oxygen atoms in total. The minimum Gasteiger partial charge on any atom is -0.354 e. The van der Waals surface area contributed by atoms with Crippen LogP contribution in [-0.2, 0) is 10.2 Å². The zero-order valence-corrected chi connectivity index (χ0v) is 16.6. The first kappa shape index (κ1) is 18.4. The molecule has 3 aromatic rings. The normalized spacial score (nSPS) is 17.7. The molecule has 1 fully saturated rings. The fraction of sp³-hybridized carbons (Fsp3) is 0.429. The topological polar surface area (TPSA) is 75.4 Å². The number of piperidine rings is 1. The molecule has 1 aliphatic rings. The Bertz CT molecular complexity index is 972. The van der Waals surface area contributed by atoms with Crippen LogP contribution in [0.4, 0.5) is 11.5 Å². The second kappa shape index (κ2) is 7.22. The van der Waals surface area contributed by atoms with E-state index in [1.54, 1.807) is 10.8 Å². The Kier molecular flexibility index (Phi) is 4.75. The van der Waals surface area contributed by atoms with Crippen LogP contribution in [0.25, 0.3) is 5.65 Å². The van der Waals surface area contributed by atoms with Gasteiger partial charge in [-0.25, -0.2) is 0 Å². The Balaban J connectivity index is 1.43. The molecule has 0 spiro atoms. The number of hydrogen-bond acceptors (Lipinski definition) is 5. The third-order valence-corrected chi connectivity index (χ3v) is 5.28. The van der Waals surface area contributed by atoms with Crippen LogP contribution < -0.4 is 10.2 Å². The predicted molar refractivity (Wildman–Crippen MR) is 109 cm³/mol. The summed E-state index contributed by atoms with van der Waals surface area (Å²) in [6.45, 7) is 8.10. The van der Waals surface area contributed by atoms with Crippen molar-refractivity contribution in [1.29, 1.82) is 0 Å². The minimum atomic E-state index is -0.0607. The second-order valence-corrected chi connectivity index (χ2v) is 8.43. The molecule has 0 bridgehead atoms. The molecule has 2 aromatic heterocycles. The number of nitrogens with zero attached hydrogens (tertiary/aromatic N) is 5. The third kappa shape index (κ3) is 3.83. The number of amides is 1. The van der Waals surface area contributed by atoms with Crippen LogP contribution in [0.2, 0.25) is 0 Å². The van der Waals surface area contributed by atoms with E-state index in [-0.39, 0.29) is 17.2 Å². The van der Waals surface area contributed by atoms with Crippen molar-refractivity contribution in [2.24, 2.45) is 5.92 Å². The first-order valence-electron chi connectivity index (χ1n) is 9.73. The number of rotatable bonds is 3. The highest BCUT2D eigenvalue weighted by Crippen LogP contribution is 2.25. The summed E-state index contributed by atoms with van der Waals surface area (Å²) in [4.78, 5) is 15.0. The number of carbonyl (C=O) groups excluding carboxylic acids is 1. The monoisotopic (exact) mass is 378 g/mol. The van der Waals surface area contributed by atoms with Gasteiger partial charge in [-0.1, -0.05) is 32.9 Å². The van der Waals surface area contributed by atoms with Gasteiger partial charge < -0.3 is 10.2 Å². The predicted octanol–water partition coefficient (Wildman–Crippen LogP) is 3.28. The summed E-state index contributed by atoms with van der Waals surface area (Å²) in [5, 5.41) is 15.5. The average molecular weight is 378 g/mol. The lowest BCUT2D eigenvalue weighted by atomic mass is 9.87. The van der Waals surface area contributed by atoms with E-state index < -0.39 is 0 Å². The highest BCUT2D eigenvalue weighted by Gasteiger charge is 2.27. The van der Waals surface area contributed by atoms with Gasteiger partial charge in [-0.2, -0.15) is 4.52 Å². The maximum Gasteiger partial charge on any atom is 0.229 e. The lowest BCUT2D eigenvalue weighted by Gasteiger charge is -2.32. The molecular formula is C21H26N6O. The third-order valence-electron chi connectivity index (χ3n) is 5.28. The van der Waals surface area contributed by atoms with E-state index in [1.165, 1.54) is 5.56 Å². The van der Waals surface area contributed by atoms with Crippen LogP contribution in [0.1, 0.15) is 39.2 Å². The van der Waals surface area contributed by atoms with Crippen LogP contribution in [0.15, 0.2) is 42.7 Å². The lowest BCUT2D eigenvalue weighted by Crippen LogP contribution is -2.41. The van der Waals surface area contributed by atoms with Crippen molar-refractivity contribution >= 4 is 23.1 Å². The van der Waals surface area contributed by atoms with Crippen LogP contribution >= 0.6 is 0 Å². The fourth-order valence-corrected chi connectivity index (χ4v) is 3.58. The summed E-state index contributed by atoms with van der Waals surface area (Å²) in [5.74, 6) is 0.854. The molecule has 0 aliphatic carbocycles. The van der Waals surface area contributed by atoms with Crippen molar-refractivity contribution in [2.45, 2.75) is 39.0 Å². The Morgan fingerprint density at radius 1 is 1.14 bits per heavy atom. The van der Waals surface area contributed by atoms with Crippen molar-refractivity contribution < 1.29 is 4.79 Å². The van der Waals surface area contributed by atoms with Gasteiger partial charge >= 0.3 is 0 Å². The van der Waals surface area contributed by atoms with E-state index in [0.717, 1.165) is 30.9 Å². The molecule has 0 saturated carbocycles. The summed E-state index contributed by atoms with van der Waals surface area (Å²) in [7, 11) is 0. The van der Waals surface area contributed by atoms with E-state index in [1.807, 2.05) is 24.3 Å². The molecule has 1 amide bonds. The standard InChI is InChI=1S/C21H26N6O/c1-21(2,3)16-6-8-17(9-7-16)23-20(28)15-5-4-12-26(13-15)19-11-10-18-24-22-14-27(18)25-19/h6-11,14-15H,4-5,12-13H2,1-3H3,(H,23,28)/t15-/m0/s1. The maximum absolute atomic E-state index is 12.8. The van der Waals surface area contributed by atoms with E-state index in [4.69, 9.17) is 0 Å². The van der Waals surface area contributed by atoms with Gasteiger partial charge in [0, 0.05) is 18.8 Å². The molecule has 4 rings (SSSR count). The zero-order chi connectivity index (χ0) is 19.7. The van der Waals surface area contributed by atoms with Crippen molar-refractivity contribution in [3.8, 4) is 0 Å². The van der Waals surface area contributed by atoms with E-state index in [0.29, 0.717) is 12.2 Å². The number of carbonyl (C=O) groups is 1. The number of nitrogens with one attached hydrogen (secondary N) is 1. The van der Waals surface area contributed by atoms with Gasteiger partial charge in [0.05, 0.1) is 5.92 Å². The largest absolute Gasteiger partial charge is 0.354 e. The summed E-state index contributed by atoms with van der Waals surface area (Å²) >= 11 is 0. The minimum absolute atomic E-state index is 0.0607. The second-order valence-electron chi connectivity index (χ2n) is 8.43. The van der Waals surface area contributed by atoms with Gasteiger partial charge in [0.1, 0.15) is 12.1 Å². The number of anilines is 2. The van der Waals surface area contributed by atoms with Crippen molar-refractivity contribution in [3.05, 3.63) is 48.3 Å². The van der Waals surface area contributed by atoms with Gasteiger partial charge in [0.2, 0.25) is 5.91 Å². The molecule has 7 heteroatoms. The fourth-order valence-electron chi connectivity index (χ4n) is 3.58. The van der Waals surface area contributed by atoms with Gasteiger partial charge in [-0.3, -0.25) is 4.79 Å². The maximum atomic E-state index is 12.8. The SMILES string of the molecule is CC(C)(C)c1ccc(NC(=O)[C@H]2CCCN(c3ccc4nncn4n3)C2)cc1. The zero-order valence-electron chi connectivity index (χ0n) is 16.6. The number of aromatic nitrogens is 4.